The molecular weight excluding hydrogens is 356 g/mol. The molecule has 2 heterocycles. The highest BCUT2D eigenvalue weighted by molar-refractivity contribution is 9.10. The third kappa shape index (κ3) is 3.33. The van der Waals surface area contributed by atoms with Crippen molar-refractivity contribution in [3.05, 3.63) is 16.5 Å². The maximum absolute atomic E-state index is 12.6. The number of alkyl halides is 1. The first-order valence-corrected chi connectivity index (χ1v) is 8.75. The zero-order valence-electron chi connectivity index (χ0n) is 10.6. The molecular formula is C11H16BrClN2O3S. The van der Waals surface area contributed by atoms with Crippen LogP contribution in [0.25, 0.3) is 0 Å². The van der Waals surface area contributed by atoms with Gasteiger partial charge in [-0.2, -0.15) is 4.31 Å². The molecule has 0 saturated carbocycles. The summed E-state index contributed by atoms with van der Waals surface area (Å²) in [6.07, 6.45) is 0.827. The van der Waals surface area contributed by atoms with Crippen molar-refractivity contribution in [1.29, 1.82) is 0 Å². The van der Waals surface area contributed by atoms with Crippen LogP contribution in [0.3, 0.4) is 0 Å². The van der Waals surface area contributed by atoms with Crippen molar-refractivity contribution in [1.82, 2.24) is 9.21 Å². The van der Waals surface area contributed by atoms with Crippen molar-refractivity contribution in [2.45, 2.75) is 17.2 Å². The van der Waals surface area contributed by atoms with Crippen LogP contribution in [0.4, 0.5) is 0 Å². The van der Waals surface area contributed by atoms with Gasteiger partial charge in [0.25, 0.3) is 0 Å². The second-order valence-corrected chi connectivity index (χ2v) is 7.44. The van der Waals surface area contributed by atoms with Gasteiger partial charge >= 0.3 is 0 Å². The third-order valence-electron chi connectivity index (χ3n) is 3.13. The Morgan fingerprint density at radius 3 is 2.74 bits per heavy atom. The Balaban J connectivity index is 2.28. The summed E-state index contributed by atoms with van der Waals surface area (Å²) >= 11 is 8.81. The van der Waals surface area contributed by atoms with Gasteiger partial charge in [0, 0.05) is 25.7 Å². The van der Waals surface area contributed by atoms with E-state index in [1.807, 2.05) is 7.05 Å². The summed E-state index contributed by atoms with van der Waals surface area (Å²) in [5.74, 6) is 0.593. The van der Waals surface area contributed by atoms with Gasteiger partial charge in [-0.15, -0.1) is 11.6 Å². The van der Waals surface area contributed by atoms with Crippen molar-refractivity contribution in [3.63, 3.8) is 0 Å². The fourth-order valence-electron chi connectivity index (χ4n) is 2.04. The molecule has 108 valence electrons. The predicted molar refractivity (Wildman–Crippen MR) is 76.8 cm³/mol. The summed E-state index contributed by atoms with van der Waals surface area (Å²) in [5, 5.41) is 0. The average molecular weight is 372 g/mol. The molecule has 1 aromatic rings. The first-order valence-electron chi connectivity index (χ1n) is 5.98. The lowest BCUT2D eigenvalue weighted by atomic mass is 10.4. The number of hydrogen-bond donors (Lipinski definition) is 0. The van der Waals surface area contributed by atoms with Crippen LogP contribution in [0.1, 0.15) is 12.2 Å². The Bertz CT molecular complexity index is 546. The lowest BCUT2D eigenvalue weighted by Gasteiger charge is -2.19. The molecule has 0 bridgehead atoms. The summed E-state index contributed by atoms with van der Waals surface area (Å²) in [5.41, 5.74) is 0. The number of sulfonamides is 1. The van der Waals surface area contributed by atoms with Crippen LogP contribution in [0, 0.1) is 0 Å². The molecule has 1 aliphatic heterocycles. The Kier molecular flexibility index (Phi) is 4.94. The van der Waals surface area contributed by atoms with E-state index in [2.05, 4.69) is 20.8 Å². The molecule has 19 heavy (non-hydrogen) atoms. The number of nitrogens with zero attached hydrogens (tertiary/aromatic N) is 2. The van der Waals surface area contributed by atoms with Gasteiger partial charge in [-0.25, -0.2) is 8.42 Å². The van der Waals surface area contributed by atoms with E-state index >= 15 is 0 Å². The van der Waals surface area contributed by atoms with E-state index in [-0.39, 0.29) is 15.4 Å². The van der Waals surface area contributed by atoms with Crippen LogP contribution < -0.4 is 0 Å². The minimum Gasteiger partial charge on any atom is -0.452 e. The summed E-state index contributed by atoms with van der Waals surface area (Å²) < 4.78 is 32.1. The number of rotatable bonds is 3. The van der Waals surface area contributed by atoms with E-state index < -0.39 is 10.0 Å². The molecule has 0 spiro atoms. The second kappa shape index (κ2) is 6.13. The highest BCUT2D eigenvalue weighted by Crippen LogP contribution is 2.29. The molecule has 0 radical (unpaired) electrons. The lowest BCUT2D eigenvalue weighted by Crippen LogP contribution is -2.34. The summed E-state index contributed by atoms with van der Waals surface area (Å²) in [6.45, 7) is 2.66. The Morgan fingerprint density at radius 1 is 1.37 bits per heavy atom. The summed E-state index contributed by atoms with van der Waals surface area (Å²) in [4.78, 5) is 2.29. The van der Waals surface area contributed by atoms with Crippen LogP contribution in [-0.4, -0.2) is 50.8 Å². The van der Waals surface area contributed by atoms with Crippen LogP contribution in [-0.2, 0) is 15.9 Å². The second-order valence-electron chi connectivity index (χ2n) is 4.55. The lowest BCUT2D eigenvalue weighted by molar-refractivity contribution is 0.347. The number of halogens is 2. The van der Waals surface area contributed by atoms with Crippen molar-refractivity contribution in [3.8, 4) is 0 Å². The topological polar surface area (TPSA) is 53.8 Å². The number of hydrogen-bond acceptors (Lipinski definition) is 4. The monoisotopic (exact) mass is 370 g/mol. The highest BCUT2D eigenvalue weighted by Gasteiger charge is 2.30. The molecule has 0 aromatic carbocycles. The minimum atomic E-state index is -3.52. The van der Waals surface area contributed by atoms with Gasteiger partial charge in [-0.3, -0.25) is 0 Å². The maximum Gasteiger partial charge on any atom is 0.247 e. The largest absolute Gasteiger partial charge is 0.452 e. The normalized spacial score (nSPS) is 19.5. The smallest absolute Gasteiger partial charge is 0.247 e. The molecule has 1 aliphatic rings. The van der Waals surface area contributed by atoms with Gasteiger partial charge in [0.15, 0.2) is 4.67 Å². The molecule has 0 N–H and O–H groups in total. The van der Waals surface area contributed by atoms with Gasteiger partial charge in [0.1, 0.15) is 10.7 Å². The van der Waals surface area contributed by atoms with Gasteiger partial charge in [-0.05, 0) is 35.9 Å². The van der Waals surface area contributed by atoms with Crippen molar-refractivity contribution < 1.29 is 12.8 Å². The predicted octanol–water partition coefficient (Wildman–Crippen LogP) is 2.11. The van der Waals surface area contributed by atoms with Crippen LogP contribution in [0.2, 0.25) is 0 Å². The SMILES string of the molecule is CN1CCCN(S(=O)(=O)c2cc(CCl)oc2Br)CC1. The molecule has 0 atom stereocenters. The Hall–Kier alpha value is -0.0800. The van der Waals surface area contributed by atoms with E-state index in [0.717, 1.165) is 19.5 Å². The zero-order chi connectivity index (χ0) is 14.0. The Labute approximate surface area is 126 Å². The zero-order valence-corrected chi connectivity index (χ0v) is 13.8. The van der Waals surface area contributed by atoms with Crippen LogP contribution in [0.15, 0.2) is 20.0 Å². The third-order valence-corrected chi connectivity index (χ3v) is 6.15. The van der Waals surface area contributed by atoms with Crippen molar-refractivity contribution >= 4 is 37.6 Å². The van der Waals surface area contributed by atoms with Crippen LogP contribution >= 0.6 is 27.5 Å². The molecule has 8 heteroatoms. The van der Waals surface area contributed by atoms with Gasteiger partial charge < -0.3 is 9.32 Å². The number of furan rings is 1. The van der Waals surface area contributed by atoms with Gasteiger partial charge in [0.2, 0.25) is 10.0 Å². The first kappa shape index (κ1) is 15.3. The molecule has 1 fully saturated rings. The maximum atomic E-state index is 12.6. The molecule has 2 rings (SSSR count). The fourth-order valence-corrected chi connectivity index (χ4v) is 4.60. The van der Waals surface area contributed by atoms with Gasteiger partial charge in [0.05, 0.1) is 5.88 Å². The molecule has 1 saturated heterocycles. The molecule has 1 aromatic heterocycles. The van der Waals surface area contributed by atoms with E-state index in [9.17, 15) is 8.42 Å². The van der Waals surface area contributed by atoms with Crippen molar-refractivity contribution in [2.24, 2.45) is 0 Å². The molecule has 0 aliphatic carbocycles. The van der Waals surface area contributed by atoms with Crippen LogP contribution in [0.5, 0.6) is 0 Å². The van der Waals surface area contributed by atoms with E-state index in [1.54, 1.807) is 0 Å². The summed E-state index contributed by atoms with van der Waals surface area (Å²) in [7, 11) is -1.53. The van der Waals surface area contributed by atoms with E-state index in [1.165, 1.54) is 10.4 Å². The quantitative estimate of drug-likeness (QED) is 0.764. The molecule has 0 amide bonds. The van der Waals surface area contributed by atoms with Crippen molar-refractivity contribution in [2.75, 3.05) is 33.2 Å². The molecule has 0 unspecified atom stereocenters. The van der Waals surface area contributed by atoms with E-state index in [0.29, 0.717) is 18.8 Å². The highest BCUT2D eigenvalue weighted by atomic mass is 79.9. The number of likely N-dealkylation sites (N-methyl/N-ethyl adjacent to an activating group) is 1. The minimum absolute atomic E-state index is 0.150. The summed E-state index contributed by atoms with van der Waals surface area (Å²) in [6, 6.07) is 1.49. The van der Waals surface area contributed by atoms with Gasteiger partial charge in [-0.1, -0.05) is 0 Å². The molecule has 5 nitrogen and oxygen atoms in total. The Morgan fingerprint density at radius 2 is 2.11 bits per heavy atom. The van der Waals surface area contributed by atoms with E-state index in [4.69, 9.17) is 16.0 Å². The average Bonchev–Trinajstić information content (AvgIpc) is 2.60. The first-order chi connectivity index (χ1) is 8.95. The standard InChI is InChI=1S/C11H16BrClN2O3S/c1-14-3-2-4-15(6-5-14)19(16,17)10-7-9(8-13)18-11(10)12/h7H,2-6,8H2,1H3. The fraction of sp³-hybridized carbons (Fsp3) is 0.636.